The fourth-order valence-electron chi connectivity index (χ4n) is 4.89. The maximum absolute atomic E-state index is 12.4. The average molecular weight is 470 g/mol. The molecule has 0 amide bonds. The zero-order valence-corrected chi connectivity index (χ0v) is 20.0. The summed E-state index contributed by atoms with van der Waals surface area (Å²) in [6.45, 7) is 5.46. The lowest BCUT2D eigenvalue weighted by Crippen LogP contribution is -2.38. The van der Waals surface area contributed by atoms with Gasteiger partial charge in [0.05, 0.1) is 30.5 Å². The molecule has 33 heavy (non-hydrogen) atoms. The normalized spacial score (nSPS) is 20.8. The van der Waals surface area contributed by atoms with Crippen molar-refractivity contribution in [3.8, 4) is 17.6 Å². The molecule has 9 heteroatoms. The first kappa shape index (κ1) is 22.2. The van der Waals surface area contributed by atoms with Gasteiger partial charge in [0, 0.05) is 25.0 Å². The molecule has 1 aromatic heterocycles. The maximum atomic E-state index is 12.4. The molecule has 176 valence electrons. The van der Waals surface area contributed by atoms with E-state index in [2.05, 4.69) is 21.6 Å². The standard InChI is InChI=1S/C24H31N5O3S/c1-32-22-17-20-21(16-19(22)8-6-11-27-9-2-3-10-27)25-24(28-12-4-5-13-28)26-23(20)29-14-7-15-33(30,31)18-29/h16-17H,2-5,7,9-15,18H2,1H3. The first-order valence-electron chi connectivity index (χ1n) is 11.8. The molecule has 2 aromatic rings. The van der Waals surface area contributed by atoms with E-state index < -0.39 is 9.84 Å². The highest BCUT2D eigenvalue weighted by Gasteiger charge is 2.27. The quantitative estimate of drug-likeness (QED) is 0.631. The second-order valence-electron chi connectivity index (χ2n) is 9.09. The van der Waals surface area contributed by atoms with Crippen LogP contribution in [0.3, 0.4) is 0 Å². The summed E-state index contributed by atoms with van der Waals surface area (Å²) in [7, 11) is -1.49. The van der Waals surface area contributed by atoms with Crippen LogP contribution in [0.2, 0.25) is 0 Å². The molecular weight excluding hydrogens is 438 g/mol. The Bertz CT molecular complexity index is 1190. The summed E-state index contributed by atoms with van der Waals surface area (Å²) >= 11 is 0. The number of aromatic nitrogens is 2. The minimum atomic E-state index is -3.13. The smallest absolute Gasteiger partial charge is 0.227 e. The lowest BCUT2D eigenvalue weighted by atomic mass is 10.1. The van der Waals surface area contributed by atoms with E-state index in [0.29, 0.717) is 30.5 Å². The molecule has 0 unspecified atom stereocenters. The van der Waals surface area contributed by atoms with E-state index in [1.165, 1.54) is 12.8 Å². The van der Waals surface area contributed by atoms with Gasteiger partial charge in [0.15, 0.2) is 9.84 Å². The number of sulfone groups is 1. The number of ether oxygens (including phenoxy) is 1. The number of rotatable bonds is 4. The van der Waals surface area contributed by atoms with Gasteiger partial charge in [-0.15, -0.1) is 0 Å². The molecule has 0 saturated carbocycles. The Morgan fingerprint density at radius 3 is 2.42 bits per heavy atom. The predicted molar refractivity (Wildman–Crippen MR) is 131 cm³/mol. The van der Waals surface area contributed by atoms with Crippen molar-refractivity contribution in [2.24, 2.45) is 0 Å². The van der Waals surface area contributed by atoms with Gasteiger partial charge in [-0.25, -0.2) is 13.4 Å². The van der Waals surface area contributed by atoms with E-state index in [0.717, 1.165) is 62.0 Å². The number of benzene rings is 1. The molecule has 3 aliphatic rings. The maximum Gasteiger partial charge on any atom is 0.227 e. The number of fused-ring (bicyclic) bond motifs is 1. The van der Waals surface area contributed by atoms with E-state index in [-0.39, 0.29) is 11.6 Å². The van der Waals surface area contributed by atoms with Crippen LogP contribution in [-0.4, -0.2) is 81.3 Å². The minimum Gasteiger partial charge on any atom is -0.495 e. The topological polar surface area (TPSA) is 78.9 Å². The van der Waals surface area contributed by atoms with Crippen molar-refractivity contribution in [2.75, 3.05) is 67.8 Å². The Morgan fingerprint density at radius 2 is 1.70 bits per heavy atom. The number of methoxy groups -OCH3 is 1. The number of hydrogen-bond acceptors (Lipinski definition) is 8. The zero-order chi connectivity index (χ0) is 22.8. The van der Waals surface area contributed by atoms with Crippen molar-refractivity contribution in [1.29, 1.82) is 0 Å². The molecule has 1 aromatic carbocycles. The third-order valence-corrected chi connectivity index (χ3v) is 8.25. The van der Waals surface area contributed by atoms with E-state index in [4.69, 9.17) is 14.7 Å². The Balaban J connectivity index is 1.58. The van der Waals surface area contributed by atoms with Crippen molar-refractivity contribution >= 4 is 32.5 Å². The van der Waals surface area contributed by atoms with Crippen LogP contribution in [0.1, 0.15) is 37.7 Å². The predicted octanol–water partition coefficient (Wildman–Crippen LogP) is 2.27. The Morgan fingerprint density at radius 1 is 0.970 bits per heavy atom. The lowest BCUT2D eigenvalue weighted by molar-refractivity contribution is 0.383. The van der Waals surface area contributed by atoms with Crippen molar-refractivity contribution < 1.29 is 13.2 Å². The lowest BCUT2D eigenvalue weighted by Gasteiger charge is -2.29. The van der Waals surface area contributed by atoms with Crippen LogP contribution in [0.4, 0.5) is 11.8 Å². The first-order valence-corrected chi connectivity index (χ1v) is 13.7. The molecule has 0 aliphatic carbocycles. The monoisotopic (exact) mass is 469 g/mol. The minimum absolute atomic E-state index is 0.0156. The third-order valence-electron chi connectivity index (χ3n) is 6.63. The molecule has 4 heterocycles. The second kappa shape index (κ2) is 9.35. The Kier molecular flexibility index (Phi) is 6.30. The van der Waals surface area contributed by atoms with E-state index in [1.54, 1.807) is 7.11 Å². The van der Waals surface area contributed by atoms with Gasteiger partial charge in [-0.05, 0) is 57.3 Å². The van der Waals surface area contributed by atoms with Crippen LogP contribution in [0, 0.1) is 11.8 Å². The van der Waals surface area contributed by atoms with Gasteiger partial charge in [0.2, 0.25) is 5.95 Å². The van der Waals surface area contributed by atoms with Gasteiger partial charge in [-0.2, -0.15) is 4.98 Å². The number of likely N-dealkylation sites (tertiary alicyclic amines) is 1. The molecule has 0 radical (unpaired) electrons. The zero-order valence-electron chi connectivity index (χ0n) is 19.2. The van der Waals surface area contributed by atoms with Gasteiger partial charge in [-0.3, -0.25) is 4.90 Å². The van der Waals surface area contributed by atoms with Gasteiger partial charge in [0.25, 0.3) is 0 Å². The number of anilines is 2. The van der Waals surface area contributed by atoms with Crippen molar-refractivity contribution in [3.63, 3.8) is 0 Å². The molecule has 3 aliphatic heterocycles. The van der Waals surface area contributed by atoms with Crippen LogP contribution in [0.25, 0.3) is 10.9 Å². The van der Waals surface area contributed by atoms with Crippen LogP contribution < -0.4 is 14.5 Å². The second-order valence-corrected chi connectivity index (χ2v) is 11.2. The molecule has 3 fully saturated rings. The third kappa shape index (κ3) is 4.87. The Labute approximate surface area is 195 Å². The van der Waals surface area contributed by atoms with Gasteiger partial charge in [0.1, 0.15) is 17.4 Å². The van der Waals surface area contributed by atoms with Gasteiger partial charge in [-0.1, -0.05) is 11.8 Å². The molecular formula is C24H31N5O3S. The van der Waals surface area contributed by atoms with E-state index in [9.17, 15) is 8.42 Å². The molecule has 0 bridgehead atoms. The molecule has 0 atom stereocenters. The van der Waals surface area contributed by atoms with Crippen molar-refractivity contribution in [2.45, 2.75) is 32.1 Å². The van der Waals surface area contributed by atoms with Crippen molar-refractivity contribution in [1.82, 2.24) is 14.9 Å². The summed E-state index contributed by atoms with van der Waals surface area (Å²) in [6, 6.07) is 3.88. The summed E-state index contributed by atoms with van der Waals surface area (Å²) in [5.74, 6) is 8.78. The first-order chi connectivity index (χ1) is 16.0. The highest BCUT2D eigenvalue weighted by Crippen LogP contribution is 2.34. The van der Waals surface area contributed by atoms with Gasteiger partial charge < -0.3 is 14.5 Å². The SMILES string of the molecule is COc1cc2c(N3CCCS(=O)(=O)C3)nc(N3CCCC3)nc2cc1C#CCN1CCCC1. The van der Waals surface area contributed by atoms with Crippen molar-refractivity contribution in [3.05, 3.63) is 17.7 Å². The fraction of sp³-hybridized carbons (Fsp3) is 0.583. The number of hydrogen-bond donors (Lipinski definition) is 0. The number of nitrogens with zero attached hydrogens (tertiary/aromatic N) is 5. The average Bonchev–Trinajstić information content (AvgIpc) is 3.51. The van der Waals surface area contributed by atoms with Gasteiger partial charge >= 0.3 is 0 Å². The molecule has 0 N–H and O–H groups in total. The molecule has 5 rings (SSSR count). The fourth-order valence-corrected chi connectivity index (χ4v) is 6.31. The molecule has 8 nitrogen and oxygen atoms in total. The summed E-state index contributed by atoms with van der Waals surface area (Å²) in [5, 5.41) is 0.803. The molecule has 3 saturated heterocycles. The van der Waals surface area contributed by atoms with Crippen LogP contribution >= 0.6 is 0 Å². The highest BCUT2D eigenvalue weighted by atomic mass is 32.2. The highest BCUT2D eigenvalue weighted by molar-refractivity contribution is 7.91. The van der Waals surface area contributed by atoms with E-state index in [1.807, 2.05) is 17.0 Å². The summed E-state index contributed by atoms with van der Waals surface area (Å²) in [5.41, 5.74) is 1.57. The Hall–Kier alpha value is -2.57. The largest absolute Gasteiger partial charge is 0.495 e. The van der Waals surface area contributed by atoms with Crippen LogP contribution in [0.5, 0.6) is 5.75 Å². The summed E-state index contributed by atoms with van der Waals surface area (Å²) in [6.07, 6.45) is 5.32. The summed E-state index contributed by atoms with van der Waals surface area (Å²) < 4.78 is 30.4. The summed E-state index contributed by atoms with van der Waals surface area (Å²) in [4.78, 5) is 16.2. The molecule has 0 spiro atoms. The van der Waals surface area contributed by atoms with E-state index >= 15 is 0 Å². The van der Waals surface area contributed by atoms with Crippen LogP contribution in [-0.2, 0) is 9.84 Å². The van der Waals surface area contributed by atoms with Crippen LogP contribution in [0.15, 0.2) is 12.1 Å².